The third-order valence-electron chi connectivity index (χ3n) is 4.25. The van der Waals surface area contributed by atoms with Crippen LogP contribution in [0.3, 0.4) is 0 Å². The molecule has 0 aliphatic carbocycles. The van der Waals surface area contributed by atoms with E-state index in [9.17, 15) is 9.90 Å². The van der Waals surface area contributed by atoms with Crippen LogP contribution in [0.1, 0.15) is 29.9 Å². The third-order valence-corrected chi connectivity index (χ3v) is 4.88. The summed E-state index contributed by atoms with van der Waals surface area (Å²) in [5.74, 6) is 0.989. The van der Waals surface area contributed by atoms with Crippen molar-refractivity contribution in [1.29, 1.82) is 0 Å². The van der Waals surface area contributed by atoms with Crippen molar-refractivity contribution in [3.8, 4) is 0 Å². The number of carbonyl (C=O) groups excluding carboxylic acids is 1. The standard InChI is InChI=1S/C21H22Cl2N6O2/c1-3-13-9-18(29-21(27-13)25-12(2)11-30)28-17-10-14(7-8-24-17)26-20(31)19-15(22)5-4-6-16(19)23/h4-10,12,30H,3,11H2,1-2H3,(H3,24,25,26,27,28,29,31)/t12-/m1/s1. The number of carbonyl (C=O) groups is 1. The number of nitrogens with zero attached hydrogens (tertiary/aromatic N) is 3. The molecule has 4 N–H and O–H groups in total. The van der Waals surface area contributed by atoms with Crippen LogP contribution in [-0.2, 0) is 6.42 Å². The second-order valence-corrected chi connectivity index (χ2v) is 7.57. The summed E-state index contributed by atoms with van der Waals surface area (Å²) in [5.41, 5.74) is 1.53. The number of nitrogens with one attached hydrogen (secondary N) is 3. The molecule has 10 heteroatoms. The Labute approximate surface area is 190 Å². The molecule has 1 atom stereocenters. The van der Waals surface area contributed by atoms with Crippen molar-refractivity contribution in [2.75, 3.05) is 22.6 Å². The highest BCUT2D eigenvalue weighted by Gasteiger charge is 2.15. The lowest BCUT2D eigenvalue weighted by Gasteiger charge is -2.14. The van der Waals surface area contributed by atoms with Crippen molar-refractivity contribution in [2.24, 2.45) is 0 Å². The van der Waals surface area contributed by atoms with Crippen LogP contribution in [0.2, 0.25) is 10.0 Å². The molecule has 0 bridgehead atoms. The molecule has 0 saturated carbocycles. The van der Waals surface area contributed by atoms with Gasteiger partial charge in [-0.3, -0.25) is 4.79 Å². The van der Waals surface area contributed by atoms with Gasteiger partial charge in [0.1, 0.15) is 11.6 Å². The van der Waals surface area contributed by atoms with Crippen LogP contribution in [0.25, 0.3) is 0 Å². The van der Waals surface area contributed by atoms with E-state index in [1.807, 2.05) is 19.9 Å². The predicted molar refractivity (Wildman–Crippen MR) is 124 cm³/mol. The Hall–Kier alpha value is -2.94. The van der Waals surface area contributed by atoms with Gasteiger partial charge in [-0.25, -0.2) is 9.97 Å². The molecule has 162 valence electrons. The summed E-state index contributed by atoms with van der Waals surface area (Å²) in [7, 11) is 0. The smallest absolute Gasteiger partial charge is 0.258 e. The molecule has 2 heterocycles. The first-order chi connectivity index (χ1) is 14.9. The highest BCUT2D eigenvalue weighted by molar-refractivity contribution is 6.40. The first-order valence-electron chi connectivity index (χ1n) is 9.63. The lowest BCUT2D eigenvalue weighted by molar-refractivity contribution is 0.102. The number of aliphatic hydroxyl groups is 1. The molecule has 0 fully saturated rings. The Morgan fingerprint density at radius 1 is 1.13 bits per heavy atom. The van der Waals surface area contributed by atoms with E-state index in [1.165, 1.54) is 0 Å². The van der Waals surface area contributed by atoms with Crippen molar-refractivity contribution in [3.63, 3.8) is 0 Å². The lowest BCUT2D eigenvalue weighted by Crippen LogP contribution is -2.21. The van der Waals surface area contributed by atoms with Gasteiger partial charge in [0.2, 0.25) is 5.95 Å². The van der Waals surface area contributed by atoms with Gasteiger partial charge >= 0.3 is 0 Å². The van der Waals surface area contributed by atoms with Gasteiger partial charge in [-0.2, -0.15) is 4.98 Å². The second-order valence-electron chi connectivity index (χ2n) is 6.76. The molecule has 0 spiro atoms. The Morgan fingerprint density at radius 2 is 1.87 bits per heavy atom. The van der Waals surface area contributed by atoms with Gasteiger partial charge in [-0.15, -0.1) is 0 Å². The minimum absolute atomic E-state index is 0.0405. The number of aliphatic hydroxyl groups excluding tert-OH is 1. The van der Waals surface area contributed by atoms with Crippen molar-refractivity contribution in [1.82, 2.24) is 15.0 Å². The molecule has 1 aromatic carbocycles. The maximum Gasteiger partial charge on any atom is 0.258 e. The van der Waals surface area contributed by atoms with Gasteiger partial charge in [0.15, 0.2) is 0 Å². The normalized spacial score (nSPS) is 11.6. The number of aromatic nitrogens is 3. The maximum absolute atomic E-state index is 12.6. The van der Waals surface area contributed by atoms with Gasteiger partial charge in [-0.05, 0) is 31.5 Å². The van der Waals surface area contributed by atoms with E-state index < -0.39 is 5.91 Å². The fourth-order valence-corrected chi connectivity index (χ4v) is 3.26. The topological polar surface area (TPSA) is 112 Å². The molecule has 3 rings (SSSR count). The Bertz CT molecular complexity index is 1060. The first-order valence-corrected chi connectivity index (χ1v) is 10.4. The Kier molecular flexibility index (Phi) is 7.62. The summed E-state index contributed by atoms with van der Waals surface area (Å²) in [4.78, 5) is 25.7. The minimum atomic E-state index is -0.424. The van der Waals surface area contributed by atoms with E-state index >= 15 is 0 Å². The predicted octanol–water partition coefficient (Wildman–Crippen LogP) is 4.53. The minimum Gasteiger partial charge on any atom is -0.394 e. The molecule has 2 aromatic heterocycles. The van der Waals surface area contributed by atoms with E-state index in [4.69, 9.17) is 23.2 Å². The van der Waals surface area contributed by atoms with E-state index in [1.54, 1.807) is 36.5 Å². The van der Waals surface area contributed by atoms with Crippen molar-refractivity contribution in [3.05, 3.63) is 63.9 Å². The summed E-state index contributed by atoms with van der Waals surface area (Å²) < 4.78 is 0. The number of anilines is 4. The largest absolute Gasteiger partial charge is 0.394 e. The quantitative estimate of drug-likeness (QED) is 0.390. The second kappa shape index (κ2) is 10.4. The zero-order valence-corrected chi connectivity index (χ0v) is 18.5. The number of aryl methyl sites for hydroxylation is 1. The van der Waals surface area contributed by atoms with Crippen LogP contribution in [0.4, 0.5) is 23.3 Å². The van der Waals surface area contributed by atoms with E-state index in [2.05, 4.69) is 30.9 Å². The fourth-order valence-electron chi connectivity index (χ4n) is 2.69. The van der Waals surface area contributed by atoms with Gasteiger partial charge in [0, 0.05) is 35.8 Å². The van der Waals surface area contributed by atoms with E-state index in [0.29, 0.717) is 29.7 Å². The average molecular weight is 461 g/mol. The number of hydrogen-bond donors (Lipinski definition) is 4. The van der Waals surface area contributed by atoms with Crippen molar-refractivity contribution in [2.45, 2.75) is 26.3 Å². The van der Waals surface area contributed by atoms with Gasteiger partial charge in [0.25, 0.3) is 5.91 Å². The lowest BCUT2D eigenvalue weighted by atomic mass is 10.2. The monoisotopic (exact) mass is 460 g/mol. The van der Waals surface area contributed by atoms with Crippen LogP contribution in [0.15, 0.2) is 42.6 Å². The zero-order chi connectivity index (χ0) is 22.4. The number of benzene rings is 1. The van der Waals surface area contributed by atoms with Gasteiger partial charge < -0.3 is 21.1 Å². The molecule has 0 radical (unpaired) electrons. The number of halogens is 2. The summed E-state index contributed by atoms with van der Waals surface area (Å²) in [5, 5.41) is 18.7. The zero-order valence-electron chi connectivity index (χ0n) is 17.0. The Balaban J connectivity index is 1.79. The first kappa shape index (κ1) is 22.7. The molecular formula is C21H22Cl2N6O2. The summed E-state index contributed by atoms with van der Waals surface area (Å²) in [6, 6.07) is 9.82. The van der Waals surface area contributed by atoms with Crippen LogP contribution < -0.4 is 16.0 Å². The maximum atomic E-state index is 12.6. The number of hydrogen-bond acceptors (Lipinski definition) is 7. The molecule has 0 saturated heterocycles. The molecule has 31 heavy (non-hydrogen) atoms. The molecule has 8 nitrogen and oxygen atoms in total. The number of rotatable bonds is 8. The average Bonchev–Trinajstić information content (AvgIpc) is 2.73. The molecule has 3 aromatic rings. The third kappa shape index (κ3) is 6.04. The van der Waals surface area contributed by atoms with Crippen LogP contribution in [0.5, 0.6) is 0 Å². The molecule has 0 unspecified atom stereocenters. The van der Waals surface area contributed by atoms with Crippen LogP contribution >= 0.6 is 23.2 Å². The Morgan fingerprint density at radius 3 is 2.55 bits per heavy atom. The highest BCUT2D eigenvalue weighted by Crippen LogP contribution is 2.26. The number of pyridine rings is 1. The van der Waals surface area contributed by atoms with E-state index in [0.717, 1.165) is 5.69 Å². The fraction of sp³-hybridized carbons (Fsp3) is 0.238. The molecule has 0 aliphatic rings. The number of amides is 1. The van der Waals surface area contributed by atoms with Gasteiger partial charge in [0.05, 0.1) is 22.2 Å². The summed E-state index contributed by atoms with van der Waals surface area (Å²) >= 11 is 12.2. The highest BCUT2D eigenvalue weighted by atomic mass is 35.5. The van der Waals surface area contributed by atoms with Crippen molar-refractivity contribution >= 4 is 52.4 Å². The van der Waals surface area contributed by atoms with Crippen LogP contribution in [0, 0.1) is 0 Å². The molecular weight excluding hydrogens is 439 g/mol. The van der Waals surface area contributed by atoms with Gasteiger partial charge in [-0.1, -0.05) is 36.2 Å². The molecule has 1 amide bonds. The molecule has 0 aliphatic heterocycles. The van der Waals surface area contributed by atoms with Crippen molar-refractivity contribution < 1.29 is 9.90 Å². The SMILES string of the molecule is CCc1cc(Nc2cc(NC(=O)c3c(Cl)cccc3Cl)ccn2)nc(N[C@H](C)CO)n1. The summed E-state index contributed by atoms with van der Waals surface area (Å²) in [6.07, 6.45) is 2.27. The summed E-state index contributed by atoms with van der Waals surface area (Å²) in [6.45, 7) is 3.77. The van der Waals surface area contributed by atoms with Crippen LogP contribution in [-0.4, -0.2) is 38.6 Å². The van der Waals surface area contributed by atoms with E-state index in [-0.39, 0.29) is 28.3 Å².